The van der Waals surface area contributed by atoms with E-state index in [9.17, 15) is 13.2 Å². The summed E-state index contributed by atoms with van der Waals surface area (Å²) in [7, 11) is -3.60. The number of benzene rings is 1. The summed E-state index contributed by atoms with van der Waals surface area (Å²) in [5.74, 6) is 0.0938. The Morgan fingerprint density at radius 1 is 1.13 bits per heavy atom. The van der Waals surface area contributed by atoms with Gasteiger partial charge in [-0.05, 0) is 24.3 Å². The number of fused-ring (bicyclic) bond motifs is 2. The lowest BCUT2D eigenvalue weighted by molar-refractivity contribution is -0.129. The lowest BCUT2D eigenvalue weighted by Crippen LogP contribution is -2.49. The van der Waals surface area contributed by atoms with Crippen molar-refractivity contribution in [3.8, 4) is 0 Å². The standard InChI is InChI=1S/C19H18N6O3S2/c26-16(12-21-17-13-4-1-2-6-15(13)30(27,28)23-17)24-8-10-25(11-9-24)19-22-14-5-3-7-20-18(14)29-19/h1-7H,8-12H2,(H,21,23). The van der Waals surface area contributed by atoms with Gasteiger partial charge in [0.15, 0.2) is 5.13 Å². The number of amides is 1. The maximum absolute atomic E-state index is 12.6. The van der Waals surface area contributed by atoms with Crippen molar-refractivity contribution in [1.82, 2.24) is 19.6 Å². The fourth-order valence-corrected chi connectivity index (χ4v) is 5.75. The van der Waals surface area contributed by atoms with E-state index in [4.69, 9.17) is 0 Å². The summed E-state index contributed by atoms with van der Waals surface area (Å²) in [6.07, 6.45) is 1.76. The van der Waals surface area contributed by atoms with Crippen LogP contribution in [0.3, 0.4) is 0 Å². The highest BCUT2D eigenvalue weighted by Gasteiger charge is 2.30. The van der Waals surface area contributed by atoms with Crippen molar-refractivity contribution in [3.05, 3.63) is 48.2 Å². The minimum atomic E-state index is -3.60. The summed E-state index contributed by atoms with van der Waals surface area (Å²) in [6.45, 7) is 2.39. The molecule has 0 bridgehead atoms. The number of rotatable bonds is 3. The van der Waals surface area contributed by atoms with Gasteiger partial charge in [0.2, 0.25) is 5.91 Å². The summed E-state index contributed by atoms with van der Waals surface area (Å²) >= 11 is 1.55. The number of thiazole rings is 1. The second-order valence-electron chi connectivity index (χ2n) is 6.96. The predicted octanol–water partition coefficient (Wildman–Crippen LogP) is 1.08. The molecular weight excluding hydrogens is 424 g/mol. The number of anilines is 1. The first-order valence-electron chi connectivity index (χ1n) is 9.42. The predicted molar refractivity (Wildman–Crippen MR) is 114 cm³/mol. The first-order chi connectivity index (χ1) is 14.5. The number of aromatic nitrogens is 2. The van der Waals surface area contributed by atoms with Crippen molar-refractivity contribution in [2.45, 2.75) is 4.90 Å². The molecule has 1 saturated heterocycles. The summed E-state index contributed by atoms with van der Waals surface area (Å²) in [6, 6.07) is 10.4. The van der Waals surface area contributed by atoms with E-state index < -0.39 is 10.0 Å². The molecule has 2 aliphatic heterocycles. The van der Waals surface area contributed by atoms with Crippen LogP contribution in [0.25, 0.3) is 10.3 Å². The first kappa shape index (κ1) is 18.9. The SMILES string of the molecule is O=C(CN=C1NS(=O)(=O)c2ccccc21)N1CCN(c2nc3cccnc3s2)CC1. The molecule has 9 nitrogen and oxygen atoms in total. The number of nitrogens with one attached hydrogen (secondary N) is 1. The Labute approximate surface area is 177 Å². The van der Waals surface area contributed by atoms with Crippen molar-refractivity contribution >= 4 is 48.6 Å². The van der Waals surface area contributed by atoms with Crippen molar-refractivity contribution < 1.29 is 13.2 Å². The van der Waals surface area contributed by atoms with Crippen LogP contribution >= 0.6 is 11.3 Å². The topological polar surface area (TPSA) is 108 Å². The highest BCUT2D eigenvalue weighted by molar-refractivity contribution is 7.90. The van der Waals surface area contributed by atoms with Crippen molar-refractivity contribution in [2.75, 3.05) is 37.6 Å². The first-order valence-corrected chi connectivity index (χ1v) is 11.7. The molecule has 4 heterocycles. The minimum absolute atomic E-state index is 0.1000. The van der Waals surface area contributed by atoms with Crippen LogP contribution in [-0.4, -0.2) is 67.8 Å². The molecular formula is C19H18N6O3S2. The van der Waals surface area contributed by atoms with Crippen LogP contribution in [0.2, 0.25) is 0 Å². The van der Waals surface area contributed by atoms with Crippen LogP contribution in [-0.2, 0) is 14.8 Å². The molecule has 0 saturated carbocycles. The zero-order valence-electron chi connectivity index (χ0n) is 15.9. The van der Waals surface area contributed by atoms with Gasteiger partial charge in [-0.25, -0.2) is 18.4 Å². The molecule has 1 fully saturated rings. The molecule has 2 aliphatic rings. The molecule has 1 aromatic carbocycles. The number of sulfonamides is 1. The Morgan fingerprint density at radius 2 is 1.93 bits per heavy atom. The van der Waals surface area contributed by atoms with Gasteiger partial charge in [-0.1, -0.05) is 23.5 Å². The molecule has 1 N–H and O–H groups in total. The van der Waals surface area contributed by atoms with E-state index in [0.717, 1.165) is 15.5 Å². The monoisotopic (exact) mass is 442 g/mol. The van der Waals surface area contributed by atoms with Crippen LogP contribution in [0.15, 0.2) is 52.5 Å². The van der Waals surface area contributed by atoms with Crippen LogP contribution < -0.4 is 9.62 Å². The quantitative estimate of drug-likeness (QED) is 0.650. The summed E-state index contributed by atoms with van der Waals surface area (Å²) < 4.78 is 26.7. The van der Waals surface area contributed by atoms with E-state index in [1.807, 2.05) is 12.1 Å². The zero-order valence-corrected chi connectivity index (χ0v) is 17.5. The second-order valence-corrected chi connectivity index (χ2v) is 9.57. The van der Waals surface area contributed by atoms with E-state index >= 15 is 0 Å². The van der Waals surface area contributed by atoms with Crippen LogP contribution in [0.5, 0.6) is 0 Å². The minimum Gasteiger partial charge on any atom is -0.344 e. The molecule has 0 atom stereocenters. The Hall–Kier alpha value is -3.05. The van der Waals surface area contributed by atoms with Crippen molar-refractivity contribution in [3.63, 3.8) is 0 Å². The van der Waals surface area contributed by atoms with Crippen LogP contribution in [0, 0.1) is 0 Å². The summed E-state index contributed by atoms with van der Waals surface area (Å²) in [5, 5.41) is 0.910. The Balaban J connectivity index is 1.23. The van der Waals surface area contributed by atoms with Gasteiger partial charge in [-0.15, -0.1) is 0 Å². The Bertz CT molecular complexity index is 1230. The molecule has 0 spiro atoms. The molecule has 3 aromatic rings. The van der Waals surface area contributed by atoms with Gasteiger partial charge in [-0.3, -0.25) is 14.5 Å². The summed E-state index contributed by atoms with van der Waals surface area (Å²) in [4.78, 5) is 30.8. The van der Waals surface area contributed by atoms with E-state index in [0.29, 0.717) is 31.7 Å². The largest absolute Gasteiger partial charge is 0.344 e. The Kier molecular flexibility index (Phi) is 4.63. The molecule has 0 unspecified atom stereocenters. The van der Waals surface area contributed by atoms with E-state index in [-0.39, 0.29) is 23.2 Å². The van der Waals surface area contributed by atoms with Crippen LogP contribution in [0.1, 0.15) is 5.56 Å². The number of carbonyl (C=O) groups is 1. The highest BCUT2D eigenvalue weighted by atomic mass is 32.2. The molecule has 154 valence electrons. The molecule has 11 heteroatoms. The normalized spacial score (nSPS) is 19.1. The van der Waals surface area contributed by atoms with Gasteiger partial charge in [0.1, 0.15) is 22.7 Å². The summed E-state index contributed by atoms with van der Waals surface area (Å²) in [5.41, 5.74) is 1.38. The maximum Gasteiger partial charge on any atom is 0.263 e. The number of amidine groups is 1. The van der Waals surface area contributed by atoms with E-state index in [1.165, 1.54) is 6.07 Å². The number of aliphatic imine (C=N–C) groups is 1. The van der Waals surface area contributed by atoms with Gasteiger partial charge in [0, 0.05) is 37.9 Å². The number of piperazine rings is 1. The molecule has 5 rings (SSSR count). The van der Waals surface area contributed by atoms with E-state index in [2.05, 4.69) is 24.6 Å². The van der Waals surface area contributed by atoms with Crippen LogP contribution in [0.4, 0.5) is 5.13 Å². The van der Waals surface area contributed by atoms with Gasteiger partial charge in [0.05, 0.1) is 4.90 Å². The lowest BCUT2D eigenvalue weighted by atomic mass is 10.2. The fourth-order valence-electron chi connectivity index (χ4n) is 3.54. The van der Waals surface area contributed by atoms with Gasteiger partial charge >= 0.3 is 0 Å². The maximum atomic E-state index is 12.6. The third-order valence-corrected chi connectivity index (χ3v) is 7.53. The Morgan fingerprint density at radius 3 is 2.73 bits per heavy atom. The molecule has 30 heavy (non-hydrogen) atoms. The average Bonchev–Trinajstić information content (AvgIpc) is 3.31. The van der Waals surface area contributed by atoms with Crippen molar-refractivity contribution in [2.24, 2.45) is 4.99 Å². The number of carbonyl (C=O) groups excluding carboxylic acids is 1. The smallest absolute Gasteiger partial charge is 0.263 e. The van der Waals surface area contributed by atoms with Gasteiger partial charge in [0.25, 0.3) is 10.0 Å². The number of hydrogen-bond donors (Lipinski definition) is 1. The number of hydrogen-bond acceptors (Lipinski definition) is 8. The molecule has 0 radical (unpaired) electrons. The van der Waals surface area contributed by atoms with Gasteiger partial charge in [-0.2, -0.15) is 0 Å². The lowest BCUT2D eigenvalue weighted by Gasteiger charge is -2.34. The molecule has 1 amide bonds. The van der Waals surface area contributed by atoms with Crippen molar-refractivity contribution in [1.29, 1.82) is 0 Å². The van der Waals surface area contributed by atoms with Gasteiger partial charge < -0.3 is 9.80 Å². The highest BCUT2D eigenvalue weighted by Crippen LogP contribution is 2.27. The average molecular weight is 443 g/mol. The number of nitrogens with zero attached hydrogens (tertiary/aromatic N) is 5. The number of pyridine rings is 1. The van der Waals surface area contributed by atoms with E-state index in [1.54, 1.807) is 40.6 Å². The molecule has 0 aliphatic carbocycles. The third kappa shape index (κ3) is 3.39. The third-order valence-electron chi connectivity index (χ3n) is 5.09. The zero-order chi connectivity index (χ0) is 20.7. The fraction of sp³-hybridized carbons (Fsp3) is 0.263. The molecule has 2 aromatic heterocycles. The second kappa shape index (κ2) is 7.33.